The Hall–Kier alpha value is -2.71. The number of hydrogen-bond donors (Lipinski definition) is 2. The Balaban J connectivity index is 0.00000149. The normalized spacial score (nSPS) is 19.1. The second-order valence-electron chi connectivity index (χ2n) is 8.36. The summed E-state index contributed by atoms with van der Waals surface area (Å²) in [6, 6.07) is 6.15. The van der Waals surface area contributed by atoms with E-state index in [0.717, 1.165) is 44.6 Å². The van der Waals surface area contributed by atoms with Gasteiger partial charge in [-0.05, 0) is 45.2 Å². The number of amides is 1. The van der Waals surface area contributed by atoms with Crippen LogP contribution in [-0.2, 0) is 4.74 Å². The van der Waals surface area contributed by atoms with Gasteiger partial charge < -0.3 is 24.8 Å². The number of hydrogen-bond acceptors (Lipinski definition) is 7. The van der Waals surface area contributed by atoms with Crippen molar-refractivity contribution in [3.05, 3.63) is 35.7 Å². The zero-order chi connectivity index (χ0) is 23.8. The van der Waals surface area contributed by atoms with Gasteiger partial charge >= 0.3 is 0 Å². The van der Waals surface area contributed by atoms with Gasteiger partial charge in [0.1, 0.15) is 6.23 Å². The third-order valence-electron chi connectivity index (χ3n) is 6.03. The topological polar surface area (TPSA) is 94.7 Å². The summed E-state index contributed by atoms with van der Waals surface area (Å²) in [5.41, 5.74) is 2.15. The molecule has 2 aliphatic heterocycles. The van der Waals surface area contributed by atoms with Crippen LogP contribution in [0.4, 0.5) is 5.69 Å². The minimum absolute atomic E-state index is 0.0612. The lowest BCUT2D eigenvalue weighted by molar-refractivity contribution is 0.0343. The first-order valence-electron chi connectivity index (χ1n) is 12.1. The van der Waals surface area contributed by atoms with Gasteiger partial charge in [-0.25, -0.2) is 4.98 Å². The zero-order valence-corrected chi connectivity index (χ0v) is 20.3. The molecule has 8 nitrogen and oxygen atoms in total. The molecule has 0 aliphatic carbocycles. The van der Waals surface area contributed by atoms with Crippen LogP contribution in [-0.4, -0.2) is 72.0 Å². The SMILES string of the molecule is CC.CC(C)N1CCN(C(=O)c2cnc(-c3cccc(NC4CCCCO4)c3C=N)o2)CC1. The molecule has 2 aliphatic rings. The van der Waals surface area contributed by atoms with Crippen LogP contribution in [0.1, 0.15) is 63.1 Å². The zero-order valence-electron chi connectivity index (χ0n) is 20.3. The molecule has 1 aromatic carbocycles. The van der Waals surface area contributed by atoms with Gasteiger partial charge in [-0.15, -0.1) is 0 Å². The highest BCUT2D eigenvalue weighted by Gasteiger charge is 2.26. The molecule has 3 heterocycles. The van der Waals surface area contributed by atoms with Crippen LogP contribution in [0.2, 0.25) is 0 Å². The van der Waals surface area contributed by atoms with Gasteiger partial charge in [0, 0.05) is 61.9 Å². The Morgan fingerprint density at radius 1 is 1.21 bits per heavy atom. The highest BCUT2D eigenvalue weighted by Crippen LogP contribution is 2.29. The fraction of sp³-hybridized carbons (Fsp3) is 0.560. The van der Waals surface area contributed by atoms with Crippen molar-refractivity contribution in [2.24, 2.45) is 0 Å². The molecule has 1 atom stereocenters. The van der Waals surface area contributed by atoms with E-state index in [1.807, 2.05) is 36.9 Å². The molecule has 1 amide bonds. The van der Waals surface area contributed by atoms with Crippen molar-refractivity contribution in [1.82, 2.24) is 14.8 Å². The van der Waals surface area contributed by atoms with Crippen LogP contribution in [0.5, 0.6) is 0 Å². The van der Waals surface area contributed by atoms with Crippen molar-refractivity contribution in [3.63, 3.8) is 0 Å². The molecule has 0 radical (unpaired) electrons. The number of carbonyl (C=O) groups excluding carboxylic acids is 1. The Bertz CT molecular complexity index is 913. The second-order valence-corrected chi connectivity index (χ2v) is 8.36. The largest absolute Gasteiger partial charge is 0.431 e. The third kappa shape index (κ3) is 6.00. The minimum atomic E-state index is -0.136. The van der Waals surface area contributed by atoms with E-state index in [-0.39, 0.29) is 17.9 Å². The lowest BCUT2D eigenvalue weighted by Gasteiger charge is -2.36. The lowest BCUT2D eigenvalue weighted by atomic mass is 10.1. The minimum Gasteiger partial charge on any atom is -0.431 e. The number of ether oxygens (including phenoxy) is 1. The van der Waals surface area contributed by atoms with E-state index in [2.05, 4.69) is 29.0 Å². The van der Waals surface area contributed by atoms with Gasteiger partial charge in [0.15, 0.2) is 0 Å². The smallest absolute Gasteiger partial charge is 0.291 e. The van der Waals surface area contributed by atoms with Gasteiger partial charge in [0.25, 0.3) is 5.91 Å². The standard InChI is InChI=1S/C23H31N5O3.C2H6/c1-16(2)27-9-11-28(12-10-27)23(29)20-15-25-22(31-20)17-6-5-7-19(18(17)14-24)26-21-8-3-4-13-30-21;1-2/h5-7,14-16,21,24,26H,3-4,8-13H2,1-2H3;1-2H3. The number of nitrogens with one attached hydrogen (secondary N) is 2. The molecule has 180 valence electrons. The summed E-state index contributed by atoms with van der Waals surface area (Å²) in [7, 11) is 0. The summed E-state index contributed by atoms with van der Waals surface area (Å²) in [5, 5.41) is 11.3. The van der Waals surface area contributed by atoms with Crippen molar-refractivity contribution in [2.45, 2.75) is 59.2 Å². The fourth-order valence-corrected chi connectivity index (χ4v) is 4.16. The summed E-state index contributed by atoms with van der Waals surface area (Å²) in [6.07, 6.45) is 5.85. The third-order valence-corrected chi connectivity index (χ3v) is 6.03. The Labute approximate surface area is 196 Å². The van der Waals surface area contributed by atoms with Crippen LogP contribution in [0.3, 0.4) is 0 Å². The summed E-state index contributed by atoms with van der Waals surface area (Å²) < 4.78 is 11.6. The van der Waals surface area contributed by atoms with Crippen molar-refractivity contribution in [1.29, 1.82) is 5.41 Å². The average molecular weight is 456 g/mol. The summed E-state index contributed by atoms with van der Waals surface area (Å²) in [5.74, 6) is 0.442. The summed E-state index contributed by atoms with van der Waals surface area (Å²) >= 11 is 0. The highest BCUT2D eigenvalue weighted by atomic mass is 16.5. The Kier molecular flexibility index (Phi) is 9.03. The molecule has 2 saturated heterocycles. The second kappa shape index (κ2) is 12.0. The van der Waals surface area contributed by atoms with Crippen LogP contribution >= 0.6 is 0 Å². The first kappa shape index (κ1) is 24.9. The molecule has 4 rings (SSSR count). The van der Waals surface area contributed by atoms with Crippen molar-refractivity contribution < 1.29 is 13.9 Å². The van der Waals surface area contributed by atoms with E-state index >= 15 is 0 Å². The molecule has 8 heteroatoms. The van der Waals surface area contributed by atoms with Crippen molar-refractivity contribution >= 4 is 17.8 Å². The van der Waals surface area contributed by atoms with Crippen molar-refractivity contribution in [2.75, 3.05) is 38.1 Å². The van der Waals surface area contributed by atoms with Gasteiger partial charge in [0.2, 0.25) is 11.7 Å². The lowest BCUT2D eigenvalue weighted by Crippen LogP contribution is -2.50. The predicted octanol–water partition coefficient (Wildman–Crippen LogP) is 4.47. The van der Waals surface area contributed by atoms with E-state index < -0.39 is 0 Å². The van der Waals surface area contributed by atoms with E-state index in [0.29, 0.717) is 36.1 Å². The molecular formula is C25H37N5O3. The van der Waals surface area contributed by atoms with Gasteiger partial charge in [-0.2, -0.15) is 0 Å². The molecular weight excluding hydrogens is 418 g/mol. The molecule has 0 saturated carbocycles. The fourth-order valence-electron chi connectivity index (χ4n) is 4.16. The number of carbonyl (C=O) groups is 1. The maximum absolute atomic E-state index is 12.9. The number of anilines is 1. The van der Waals surface area contributed by atoms with Crippen LogP contribution in [0.15, 0.2) is 28.8 Å². The maximum Gasteiger partial charge on any atom is 0.291 e. The van der Waals surface area contributed by atoms with E-state index in [9.17, 15) is 4.79 Å². The number of aromatic nitrogens is 1. The summed E-state index contributed by atoms with van der Waals surface area (Å²) in [6.45, 7) is 12.2. The number of benzene rings is 1. The average Bonchev–Trinajstić information content (AvgIpc) is 3.35. The molecule has 2 fully saturated rings. The number of nitrogens with zero attached hydrogens (tertiary/aromatic N) is 3. The van der Waals surface area contributed by atoms with E-state index in [1.165, 1.54) is 12.4 Å². The quantitative estimate of drug-likeness (QED) is 0.624. The molecule has 0 spiro atoms. The molecule has 33 heavy (non-hydrogen) atoms. The maximum atomic E-state index is 12.9. The van der Waals surface area contributed by atoms with Crippen molar-refractivity contribution in [3.8, 4) is 11.5 Å². The first-order chi connectivity index (χ1) is 16.1. The van der Waals surface area contributed by atoms with Crippen LogP contribution < -0.4 is 5.32 Å². The molecule has 1 unspecified atom stereocenters. The van der Waals surface area contributed by atoms with Gasteiger partial charge in [-0.1, -0.05) is 19.9 Å². The number of oxazole rings is 1. The van der Waals surface area contributed by atoms with Gasteiger partial charge in [-0.3, -0.25) is 9.69 Å². The van der Waals surface area contributed by atoms with E-state index in [4.69, 9.17) is 14.6 Å². The number of piperazine rings is 1. The predicted molar refractivity (Wildman–Crippen MR) is 131 cm³/mol. The Morgan fingerprint density at radius 2 is 1.97 bits per heavy atom. The Morgan fingerprint density at radius 3 is 2.61 bits per heavy atom. The number of rotatable bonds is 6. The first-order valence-corrected chi connectivity index (χ1v) is 12.1. The molecule has 0 bridgehead atoms. The van der Waals surface area contributed by atoms with Gasteiger partial charge in [0.05, 0.1) is 6.20 Å². The molecule has 2 N–H and O–H groups in total. The monoisotopic (exact) mass is 455 g/mol. The van der Waals surface area contributed by atoms with E-state index in [1.54, 1.807) is 0 Å². The van der Waals surface area contributed by atoms with Crippen LogP contribution in [0, 0.1) is 5.41 Å². The van der Waals surface area contributed by atoms with Crippen LogP contribution in [0.25, 0.3) is 11.5 Å². The molecule has 2 aromatic rings. The summed E-state index contributed by atoms with van der Waals surface area (Å²) in [4.78, 5) is 21.4. The molecule has 1 aromatic heterocycles. The highest BCUT2D eigenvalue weighted by molar-refractivity contribution is 5.95.